The van der Waals surface area contributed by atoms with Gasteiger partial charge in [0.15, 0.2) is 0 Å². The molecule has 3 unspecified atom stereocenters. The lowest BCUT2D eigenvalue weighted by Gasteiger charge is -2.57. The van der Waals surface area contributed by atoms with Crippen LogP contribution in [0.5, 0.6) is 0 Å². The van der Waals surface area contributed by atoms with E-state index in [1.807, 2.05) is 4.90 Å². The molecule has 4 nitrogen and oxygen atoms in total. The van der Waals surface area contributed by atoms with Gasteiger partial charge in [0.05, 0.1) is 12.0 Å². The van der Waals surface area contributed by atoms with Crippen LogP contribution >= 0.6 is 0 Å². The highest BCUT2D eigenvalue weighted by Gasteiger charge is 2.48. The summed E-state index contributed by atoms with van der Waals surface area (Å²) in [5.41, 5.74) is -0.892. The summed E-state index contributed by atoms with van der Waals surface area (Å²) in [6, 6.07) is 1.38. The van der Waals surface area contributed by atoms with Gasteiger partial charge in [-0.05, 0) is 33.6 Å². The van der Waals surface area contributed by atoms with E-state index < -0.39 is 5.60 Å². The Kier molecular flexibility index (Phi) is 3.70. The van der Waals surface area contributed by atoms with Crippen LogP contribution in [-0.4, -0.2) is 57.6 Å². The molecule has 0 saturated carbocycles. The number of amides is 1. The molecule has 0 spiro atoms. The van der Waals surface area contributed by atoms with Crippen LogP contribution in [0.15, 0.2) is 0 Å². The molecule has 3 aliphatic heterocycles. The second-order valence-electron chi connectivity index (χ2n) is 6.54. The van der Waals surface area contributed by atoms with Gasteiger partial charge in [-0.2, -0.15) is 0 Å². The lowest BCUT2D eigenvalue weighted by Crippen LogP contribution is -2.71. The Morgan fingerprint density at radius 1 is 1.39 bits per heavy atom. The first-order chi connectivity index (χ1) is 8.31. The minimum atomic E-state index is -0.892. The molecular formula is C14H26N2O2. The van der Waals surface area contributed by atoms with Crippen molar-refractivity contribution < 1.29 is 9.90 Å². The van der Waals surface area contributed by atoms with E-state index in [4.69, 9.17) is 0 Å². The SMILES string of the molecule is CCC(C)N1CC2CC(C1)N2C(=O)CC(C)(C)O. The summed E-state index contributed by atoms with van der Waals surface area (Å²) < 4.78 is 0. The molecule has 0 aliphatic carbocycles. The molecule has 3 fully saturated rings. The van der Waals surface area contributed by atoms with E-state index in [0.717, 1.165) is 25.9 Å². The Bertz CT molecular complexity index is 312. The van der Waals surface area contributed by atoms with Crippen LogP contribution in [0.4, 0.5) is 0 Å². The van der Waals surface area contributed by atoms with Crippen LogP contribution in [0.2, 0.25) is 0 Å². The Morgan fingerprint density at radius 3 is 2.39 bits per heavy atom. The van der Waals surface area contributed by atoms with Crippen molar-refractivity contribution in [2.75, 3.05) is 13.1 Å². The molecule has 18 heavy (non-hydrogen) atoms. The van der Waals surface area contributed by atoms with Gasteiger partial charge in [-0.25, -0.2) is 0 Å². The lowest BCUT2D eigenvalue weighted by atomic mass is 9.85. The monoisotopic (exact) mass is 254 g/mol. The molecule has 3 atom stereocenters. The summed E-state index contributed by atoms with van der Waals surface area (Å²) >= 11 is 0. The first kappa shape index (κ1) is 13.8. The first-order valence-corrected chi connectivity index (χ1v) is 7.09. The molecule has 1 amide bonds. The van der Waals surface area contributed by atoms with Crippen LogP contribution in [0.1, 0.15) is 47.0 Å². The largest absolute Gasteiger partial charge is 0.390 e. The van der Waals surface area contributed by atoms with Gasteiger partial charge in [-0.15, -0.1) is 0 Å². The molecular weight excluding hydrogens is 228 g/mol. The lowest BCUT2D eigenvalue weighted by molar-refractivity contribution is -0.159. The Balaban J connectivity index is 1.91. The molecule has 0 aromatic rings. The molecule has 0 aromatic heterocycles. The van der Waals surface area contributed by atoms with E-state index >= 15 is 0 Å². The van der Waals surface area contributed by atoms with Crippen molar-refractivity contribution in [3.05, 3.63) is 0 Å². The minimum absolute atomic E-state index is 0.118. The van der Waals surface area contributed by atoms with Gasteiger partial charge < -0.3 is 10.0 Å². The summed E-state index contributed by atoms with van der Waals surface area (Å²) in [6.45, 7) is 9.87. The maximum atomic E-state index is 12.1. The van der Waals surface area contributed by atoms with Crippen molar-refractivity contribution in [3.63, 3.8) is 0 Å². The third-order valence-electron chi connectivity index (χ3n) is 4.31. The summed E-state index contributed by atoms with van der Waals surface area (Å²) in [6.07, 6.45) is 2.55. The number of hydrogen-bond acceptors (Lipinski definition) is 3. The first-order valence-electron chi connectivity index (χ1n) is 7.09. The predicted molar refractivity (Wildman–Crippen MR) is 71.3 cm³/mol. The zero-order valence-corrected chi connectivity index (χ0v) is 12.0. The van der Waals surface area contributed by atoms with Crippen LogP contribution < -0.4 is 0 Å². The number of carbonyl (C=O) groups is 1. The summed E-state index contributed by atoms with van der Waals surface area (Å²) in [4.78, 5) is 16.7. The number of hydrogen-bond donors (Lipinski definition) is 1. The van der Waals surface area contributed by atoms with Gasteiger partial charge in [0, 0.05) is 31.2 Å². The van der Waals surface area contributed by atoms with Crippen LogP contribution in [0, 0.1) is 0 Å². The average molecular weight is 254 g/mol. The van der Waals surface area contributed by atoms with Crippen molar-refractivity contribution in [1.82, 2.24) is 9.80 Å². The fourth-order valence-electron chi connectivity index (χ4n) is 3.13. The van der Waals surface area contributed by atoms with Crippen LogP contribution in [-0.2, 0) is 4.79 Å². The normalized spacial score (nSPS) is 29.9. The third kappa shape index (κ3) is 2.69. The molecule has 0 radical (unpaired) electrons. The van der Waals surface area contributed by atoms with Gasteiger partial charge in [-0.3, -0.25) is 9.69 Å². The fraction of sp³-hybridized carbons (Fsp3) is 0.929. The van der Waals surface area contributed by atoms with Crippen molar-refractivity contribution in [2.45, 2.75) is 70.7 Å². The summed E-state index contributed by atoms with van der Waals surface area (Å²) in [5.74, 6) is 0.118. The molecule has 3 rings (SSSR count). The standard InChI is InChI=1S/C14H26N2O2/c1-5-10(2)15-8-11-6-12(9-15)16(11)13(17)7-14(3,4)18/h10-12,18H,5-9H2,1-4H3. The maximum absolute atomic E-state index is 12.1. The highest BCUT2D eigenvalue weighted by Crippen LogP contribution is 2.34. The topological polar surface area (TPSA) is 43.8 Å². The maximum Gasteiger partial charge on any atom is 0.226 e. The summed E-state index contributed by atoms with van der Waals surface area (Å²) in [7, 11) is 0. The number of piperidine rings is 1. The number of aliphatic hydroxyl groups is 1. The smallest absolute Gasteiger partial charge is 0.226 e. The quantitative estimate of drug-likeness (QED) is 0.820. The van der Waals surface area contributed by atoms with E-state index in [1.54, 1.807) is 13.8 Å². The van der Waals surface area contributed by atoms with Gasteiger partial charge in [0.1, 0.15) is 0 Å². The van der Waals surface area contributed by atoms with Crippen LogP contribution in [0.25, 0.3) is 0 Å². The molecule has 1 N–H and O–H groups in total. The predicted octanol–water partition coefficient (Wildman–Crippen LogP) is 1.23. The summed E-state index contributed by atoms with van der Waals surface area (Å²) in [5, 5.41) is 9.74. The highest BCUT2D eigenvalue weighted by atomic mass is 16.3. The number of fused-ring (bicyclic) bond motifs is 2. The minimum Gasteiger partial charge on any atom is -0.390 e. The molecule has 2 bridgehead atoms. The van der Waals surface area contributed by atoms with E-state index in [2.05, 4.69) is 18.7 Å². The number of carbonyl (C=O) groups excluding carboxylic acids is 1. The zero-order chi connectivity index (χ0) is 13.5. The number of rotatable bonds is 4. The molecule has 3 saturated heterocycles. The van der Waals surface area contributed by atoms with Gasteiger partial charge in [0.25, 0.3) is 0 Å². The van der Waals surface area contributed by atoms with E-state index in [9.17, 15) is 9.90 Å². The van der Waals surface area contributed by atoms with Crippen molar-refractivity contribution in [3.8, 4) is 0 Å². The van der Waals surface area contributed by atoms with E-state index in [-0.39, 0.29) is 12.3 Å². The Labute approximate surface area is 110 Å². The third-order valence-corrected chi connectivity index (χ3v) is 4.31. The molecule has 3 heterocycles. The number of piperazine rings is 1. The molecule has 0 aromatic carbocycles. The van der Waals surface area contributed by atoms with Crippen molar-refractivity contribution in [2.24, 2.45) is 0 Å². The number of nitrogens with zero attached hydrogens (tertiary/aromatic N) is 2. The Morgan fingerprint density at radius 2 is 1.94 bits per heavy atom. The van der Waals surface area contributed by atoms with E-state index in [0.29, 0.717) is 18.1 Å². The Hall–Kier alpha value is -0.610. The van der Waals surface area contributed by atoms with Crippen molar-refractivity contribution in [1.29, 1.82) is 0 Å². The van der Waals surface area contributed by atoms with Gasteiger partial charge in [-0.1, -0.05) is 6.92 Å². The fourth-order valence-corrected chi connectivity index (χ4v) is 3.13. The second-order valence-corrected chi connectivity index (χ2v) is 6.54. The molecule has 3 aliphatic rings. The second kappa shape index (κ2) is 4.82. The molecule has 4 heteroatoms. The van der Waals surface area contributed by atoms with Gasteiger partial charge in [0.2, 0.25) is 5.91 Å². The highest BCUT2D eigenvalue weighted by molar-refractivity contribution is 5.79. The van der Waals surface area contributed by atoms with Crippen molar-refractivity contribution >= 4 is 5.91 Å². The molecule has 104 valence electrons. The van der Waals surface area contributed by atoms with Crippen LogP contribution in [0.3, 0.4) is 0 Å². The average Bonchev–Trinajstić information content (AvgIpc) is 2.25. The van der Waals surface area contributed by atoms with Gasteiger partial charge >= 0.3 is 0 Å². The zero-order valence-electron chi connectivity index (χ0n) is 12.0. The van der Waals surface area contributed by atoms with E-state index in [1.165, 1.54) is 0 Å².